The quantitative estimate of drug-likeness (QED) is 0.427. The van der Waals surface area contributed by atoms with E-state index in [0.29, 0.717) is 41.5 Å². The van der Waals surface area contributed by atoms with Gasteiger partial charge in [-0.05, 0) is 49.7 Å². The molecule has 0 aromatic carbocycles. The molecule has 1 aliphatic heterocycles. The summed E-state index contributed by atoms with van der Waals surface area (Å²) in [4.78, 5) is 22.7. The van der Waals surface area contributed by atoms with Crippen molar-refractivity contribution in [2.75, 3.05) is 31.2 Å². The highest BCUT2D eigenvalue weighted by Gasteiger charge is 2.23. The van der Waals surface area contributed by atoms with Crippen molar-refractivity contribution in [3.05, 3.63) is 28.8 Å². The molecule has 3 heterocycles. The molecule has 2 aromatic rings. The van der Waals surface area contributed by atoms with E-state index in [1.807, 2.05) is 13.8 Å². The van der Waals surface area contributed by atoms with Crippen LogP contribution >= 0.6 is 0 Å². The number of aliphatic hydroxyl groups is 2. The number of amides is 1. The lowest BCUT2D eigenvalue weighted by atomic mass is 9.92. The Morgan fingerprint density at radius 1 is 1.33 bits per heavy atom. The summed E-state index contributed by atoms with van der Waals surface area (Å²) in [7, 11) is 0. The number of rotatable bonds is 11. The second-order valence-electron chi connectivity index (χ2n) is 9.00. The SMILES string of the molecule is Cc1nc(OCCCC2CCN(c3noc(C(C)C)n3)CC2)c(C[C@H](O)CO)cc1C(N)=O. The normalized spacial score (nSPS) is 15.8. The molecule has 1 aliphatic rings. The molecule has 0 unspecified atom stereocenters. The number of aliphatic hydroxyl groups excluding tert-OH is 2. The molecule has 0 radical (unpaired) electrons. The number of carbonyl (C=O) groups excluding carboxylic acids is 1. The van der Waals surface area contributed by atoms with Crippen LogP contribution in [0.3, 0.4) is 0 Å². The van der Waals surface area contributed by atoms with Gasteiger partial charge < -0.3 is 30.1 Å². The van der Waals surface area contributed by atoms with Crippen molar-refractivity contribution in [3.8, 4) is 5.88 Å². The largest absolute Gasteiger partial charge is 0.477 e. The predicted octanol–water partition coefficient (Wildman–Crippen LogP) is 1.97. The van der Waals surface area contributed by atoms with Crippen LogP contribution in [0.5, 0.6) is 5.88 Å². The number of pyridine rings is 1. The molecular weight excluding hydrogens is 426 g/mol. The van der Waals surface area contributed by atoms with Crippen molar-refractivity contribution < 1.29 is 24.3 Å². The summed E-state index contributed by atoms with van der Waals surface area (Å²) in [5, 5.41) is 23.1. The molecule has 0 saturated carbocycles. The highest BCUT2D eigenvalue weighted by atomic mass is 16.5. The highest BCUT2D eigenvalue weighted by Crippen LogP contribution is 2.26. The van der Waals surface area contributed by atoms with Gasteiger partial charge >= 0.3 is 0 Å². The van der Waals surface area contributed by atoms with E-state index < -0.39 is 12.0 Å². The number of nitrogens with two attached hydrogens (primary N) is 1. The smallest absolute Gasteiger partial charge is 0.266 e. The van der Waals surface area contributed by atoms with Gasteiger partial charge in [0.25, 0.3) is 11.9 Å². The second kappa shape index (κ2) is 11.4. The van der Waals surface area contributed by atoms with Crippen LogP contribution in [0.25, 0.3) is 0 Å². The highest BCUT2D eigenvalue weighted by molar-refractivity contribution is 5.94. The average Bonchev–Trinajstić information content (AvgIpc) is 3.29. The Kier molecular flexibility index (Phi) is 8.62. The number of aromatic nitrogens is 3. The maximum atomic E-state index is 11.6. The summed E-state index contributed by atoms with van der Waals surface area (Å²) in [6.45, 7) is 7.66. The lowest BCUT2D eigenvalue weighted by Crippen LogP contribution is -2.34. The van der Waals surface area contributed by atoms with Crippen LogP contribution in [0.2, 0.25) is 0 Å². The zero-order valence-electron chi connectivity index (χ0n) is 19.7. The van der Waals surface area contributed by atoms with Gasteiger partial charge in [-0.3, -0.25) is 4.79 Å². The van der Waals surface area contributed by atoms with Crippen molar-refractivity contribution in [3.63, 3.8) is 0 Å². The summed E-state index contributed by atoms with van der Waals surface area (Å²) in [5.41, 5.74) is 6.74. The minimum Gasteiger partial charge on any atom is -0.477 e. The van der Waals surface area contributed by atoms with Crippen molar-refractivity contribution in [1.29, 1.82) is 0 Å². The van der Waals surface area contributed by atoms with E-state index >= 15 is 0 Å². The monoisotopic (exact) mass is 461 g/mol. The number of piperidine rings is 1. The summed E-state index contributed by atoms with van der Waals surface area (Å²) in [6.07, 6.45) is 3.19. The maximum absolute atomic E-state index is 11.6. The molecule has 10 heteroatoms. The van der Waals surface area contributed by atoms with Crippen LogP contribution in [0.4, 0.5) is 5.95 Å². The molecule has 1 amide bonds. The number of aryl methyl sites for hydroxylation is 1. The number of ether oxygens (including phenoxy) is 1. The molecule has 1 saturated heterocycles. The molecule has 2 aromatic heterocycles. The summed E-state index contributed by atoms with van der Waals surface area (Å²) >= 11 is 0. The molecule has 4 N–H and O–H groups in total. The van der Waals surface area contributed by atoms with E-state index in [1.54, 1.807) is 13.0 Å². The zero-order chi connectivity index (χ0) is 24.0. The van der Waals surface area contributed by atoms with Gasteiger partial charge in [0.15, 0.2) is 0 Å². The van der Waals surface area contributed by atoms with Crippen LogP contribution in [0, 0.1) is 12.8 Å². The topological polar surface area (TPSA) is 148 Å². The van der Waals surface area contributed by atoms with Crippen molar-refractivity contribution >= 4 is 11.9 Å². The maximum Gasteiger partial charge on any atom is 0.266 e. The molecule has 1 fully saturated rings. The third kappa shape index (κ3) is 6.64. The third-order valence-corrected chi connectivity index (χ3v) is 6.00. The van der Waals surface area contributed by atoms with Gasteiger partial charge in [0.1, 0.15) is 0 Å². The fraction of sp³-hybridized carbons (Fsp3) is 0.652. The summed E-state index contributed by atoms with van der Waals surface area (Å²) < 4.78 is 11.2. The van der Waals surface area contributed by atoms with E-state index in [9.17, 15) is 15.0 Å². The number of anilines is 1. The van der Waals surface area contributed by atoms with Crippen molar-refractivity contribution in [2.45, 2.75) is 64.9 Å². The van der Waals surface area contributed by atoms with E-state index in [2.05, 4.69) is 20.0 Å². The molecule has 0 aliphatic carbocycles. The van der Waals surface area contributed by atoms with Crippen LogP contribution in [-0.2, 0) is 6.42 Å². The van der Waals surface area contributed by atoms with Crippen LogP contribution in [0.1, 0.15) is 73.0 Å². The van der Waals surface area contributed by atoms with Gasteiger partial charge in [-0.2, -0.15) is 4.98 Å². The van der Waals surface area contributed by atoms with E-state index in [4.69, 9.17) is 15.0 Å². The third-order valence-electron chi connectivity index (χ3n) is 6.00. The van der Waals surface area contributed by atoms with Gasteiger partial charge in [-0.25, -0.2) is 4.98 Å². The number of primary amides is 1. The molecule has 33 heavy (non-hydrogen) atoms. The number of hydrogen-bond donors (Lipinski definition) is 3. The van der Waals surface area contributed by atoms with Crippen LogP contribution in [-0.4, -0.2) is 63.7 Å². The molecular formula is C23H35N5O5. The van der Waals surface area contributed by atoms with Crippen LogP contribution < -0.4 is 15.4 Å². The lowest BCUT2D eigenvalue weighted by molar-refractivity contribution is 0.0942. The fourth-order valence-electron chi connectivity index (χ4n) is 4.02. The number of carbonyl (C=O) groups is 1. The Hall–Kier alpha value is -2.72. The molecule has 3 rings (SSSR count). The molecule has 0 spiro atoms. The first-order valence-corrected chi connectivity index (χ1v) is 11.6. The van der Waals surface area contributed by atoms with Gasteiger partial charge in [-0.1, -0.05) is 13.8 Å². The minimum absolute atomic E-state index is 0.131. The molecule has 0 bridgehead atoms. The molecule has 1 atom stereocenters. The second-order valence-corrected chi connectivity index (χ2v) is 9.00. The van der Waals surface area contributed by atoms with E-state index in [-0.39, 0.29) is 24.5 Å². The molecule has 182 valence electrons. The predicted molar refractivity (Wildman–Crippen MR) is 122 cm³/mol. The standard InChI is InChI=1S/C23H35N5O5/c1-14(2)21-26-23(27-33-21)28-8-6-16(7-9-28)5-4-10-32-22-17(11-18(30)13-29)12-19(20(24)31)15(3)25-22/h12,14,16,18,29-30H,4-11,13H2,1-3H3,(H2,24,31)/t18-/m0/s1. The van der Waals surface area contributed by atoms with Crippen molar-refractivity contribution in [2.24, 2.45) is 11.7 Å². The first-order valence-electron chi connectivity index (χ1n) is 11.6. The molecule has 10 nitrogen and oxygen atoms in total. The minimum atomic E-state index is -0.960. The van der Waals surface area contributed by atoms with Gasteiger partial charge in [-0.15, -0.1) is 0 Å². The fourth-order valence-corrected chi connectivity index (χ4v) is 4.02. The van der Waals surface area contributed by atoms with Crippen LogP contribution in [0.15, 0.2) is 10.6 Å². The Labute approximate surface area is 194 Å². The lowest BCUT2D eigenvalue weighted by Gasteiger charge is -2.30. The Balaban J connectivity index is 1.48. The van der Waals surface area contributed by atoms with Gasteiger partial charge in [0, 0.05) is 31.0 Å². The van der Waals surface area contributed by atoms with Gasteiger partial charge in [0.05, 0.1) is 30.6 Å². The average molecular weight is 462 g/mol. The van der Waals surface area contributed by atoms with E-state index in [0.717, 1.165) is 38.8 Å². The Bertz CT molecular complexity index is 924. The van der Waals surface area contributed by atoms with E-state index in [1.165, 1.54) is 0 Å². The number of hydrogen-bond acceptors (Lipinski definition) is 9. The number of nitrogens with zero attached hydrogens (tertiary/aromatic N) is 4. The summed E-state index contributed by atoms with van der Waals surface area (Å²) in [6, 6.07) is 1.59. The van der Waals surface area contributed by atoms with Gasteiger partial charge in [0.2, 0.25) is 11.8 Å². The Morgan fingerprint density at radius 2 is 2.06 bits per heavy atom. The van der Waals surface area contributed by atoms with Crippen molar-refractivity contribution in [1.82, 2.24) is 15.1 Å². The summed E-state index contributed by atoms with van der Waals surface area (Å²) in [5.74, 6) is 1.96. The zero-order valence-corrected chi connectivity index (χ0v) is 19.7. The first-order chi connectivity index (χ1) is 15.8. The first kappa shape index (κ1) is 24.9. The Morgan fingerprint density at radius 3 is 2.67 bits per heavy atom.